The lowest BCUT2D eigenvalue weighted by molar-refractivity contribution is -0.139. The van der Waals surface area contributed by atoms with Gasteiger partial charge in [0.25, 0.3) is 0 Å². The number of nitrogens with one attached hydrogen (secondary N) is 2. The number of carboxylic acids is 1. The van der Waals surface area contributed by atoms with Crippen molar-refractivity contribution in [2.45, 2.75) is 25.8 Å². The number of carboxylic acid groups (broad SMARTS) is 1. The number of carbonyl (C=O) groups is 2. The standard InChI is InChI=1S/C11H15N3O3/c1-2-3-9(10(15)16)14-11(17)13-8-4-6-12-7-5-8/h4-7,9H,2-3H2,1H3,(H,15,16)(H2,12,13,14,17)/t9-/m1/s1. The molecule has 17 heavy (non-hydrogen) atoms. The molecule has 6 nitrogen and oxygen atoms in total. The molecule has 0 aliphatic carbocycles. The number of urea groups is 1. The predicted molar refractivity (Wildman–Crippen MR) is 62.7 cm³/mol. The minimum absolute atomic E-state index is 0.402. The van der Waals surface area contributed by atoms with Crippen molar-refractivity contribution in [3.05, 3.63) is 24.5 Å². The summed E-state index contributed by atoms with van der Waals surface area (Å²) in [4.78, 5) is 26.1. The number of aliphatic carboxylic acids is 1. The van der Waals surface area contributed by atoms with Crippen LogP contribution in [0.25, 0.3) is 0 Å². The van der Waals surface area contributed by atoms with Crippen LogP contribution in [0, 0.1) is 0 Å². The molecule has 0 aliphatic heterocycles. The summed E-state index contributed by atoms with van der Waals surface area (Å²) in [6, 6.07) is 1.85. The normalized spacial score (nSPS) is 11.6. The van der Waals surface area contributed by atoms with E-state index in [1.165, 1.54) is 12.4 Å². The molecule has 6 heteroatoms. The van der Waals surface area contributed by atoms with Crippen LogP contribution in [-0.4, -0.2) is 28.1 Å². The topological polar surface area (TPSA) is 91.3 Å². The summed E-state index contributed by atoms with van der Waals surface area (Å²) in [5.74, 6) is -1.03. The molecule has 0 saturated heterocycles. The molecule has 2 amide bonds. The largest absolute Gasteiger partial charge is 0.480 e. The van der Waals surface area contributed by atoms with Gasteiger partial charge in [-0.05, 0) is 18.6 Å². The van der Waals surface area contributed by atoms with Crippen molar-refractivity contribution in [1.82, 2.24) is 10.3 Å². The fraction of sp³-hybridized carbons (Fsp3) is 0.364. The van der Waals surface area contributed by atoms with Gasteiger partial charge in [-0.1, -0.05) is 13.3 Å². The van der Waals surface area contributed by atoms with E-state index in [4.69, 9.17) is 5.11 Å². The molecule has 0 bridgehead atoms. The van der Waals surface area contributed by atoms with Gasteiger partial charge in [0, 0.05) is 18.1 Å². The van der Waals surface area contributed by atoms with Crippen LogP contribution < -0.4 is 10.6 Å². The fourth-order valence-electron chi connectivity index (χ4n) is 1.31. The van der Waals surface area contributed by atoms with Crippen molar-refractivity contribution in [3.63, 3.8) is 0 Å². The summed E-state index contributed by atoms with van der Waals surface area (Å²) in [5.41, 5.74) is 0.568. The smallest absolute Gasteiger partial charge is 0.326 e. The molecule has 1 aromatic rings. The third kappa shape index (κ3) is 4.50. The number of hydrogen-bond donors (Lipinski definition) is 3. The van der Waals surface area contributed by atoms with E-state index in [0.29, 0.717) is 18.5 Å². The molecule has 0 fully saturated rings. The average Bonchev–Trinajstić information content (AvgIpc) is 2.29. The Morgan fingerprint density at radius 2 is 2.06 bits per heavy atom. The molecule has 0 aromatic carbocycles. The van der Waals surface area contributed by atoms with Gasteiger partial charge in [0.15, 0.2) is 0 Å². The first kappa shape index (κ1) is 13.0. The van der Waals surface area contributed by atoms with E-state index in [1.807, 2.05) is 6.92 Å². The summed E-state index contributed by atoms with van der Waals surface area (Å²) in [7, 11) is 0. The number of pyridine rings is 1. The number of hydrogen-bond acceptors (Lipinski definition) is 3. The maximum Gasteiger partial charge on any atom is 0.326 e. The highest BCUT2D eigenvalue weighted by atomic mass is 16.4. The van der Waals surface area contributed by atoms with Gasteiger partial charge in [0.05, 0.1) is 0 Å². The van der Waals surface area contributed by atoms with E-state index >= 15 is 0 Å². The molecule has 0 aliphatic rings. The molecule has 1 rings (SSSR count). The Morgan fingerprint density at radius 1 is 1.41 bits per heavy atom. The second kappa shape index (κ2) is 6.47. The highest BCUT2D eigenvalue weighted by Crippen LogP contribution is 2.03. The highest BCUT2D eigenvalue weighted by molar-refractivity contribution is 5.92. The minimum Gasteiger partial charge on any atom is -0.480 e. The number of rotatable bonds is 5. The Morgan fingerprint density at radius 3 is 2.59 bits per heavy atom. The minimum atomic E-state index is -1.03. The van der Waals surface area contributed by atoms with E-state index < -0.39 is 18.0 Å². The van der Waals surface area contributed by atoms with Crippen LogP contribution in [0.1, 0.15) is 19.8 Å². The fourth-order valence-corrected chi connectivity index (χ4v) is 1.31. The molecule has 0 saturated carbocycles. The number of amides is 2. The number of carbonyl (C=O) groups excluding carboxylic acids is 1. The van der Waals surface area contributed by atoms with E-state index in [9.17, 15) is 9.59 Å². The van der Waals surface area contributed by atoms with Gasteiger partial charge in [0.1, 0.15) is 6.04 Å². The summed E-state index contributed by atoms with van der Waals surface area (Å²) in [5, 5.41) is 13.8. The van der Waals surface area contributed by atoms with Crippen LogP contribution in [0.3, 0.4) is 0 Å². The number of nitrogens with zero attached hydrogens (tertiary/aromatic N) is 1. The third-order valence-electron chi connectivity index (χ3n) is 2.12. The van der Waals surface area contributed by atoms with Crippen LogP contribution in [0.2, 0.25) is 0 Å². The molecule has 1 heterocycles. The van der Waals surface area contributed by atoms with Gasteiger partial charge < -0.3 is 15.7 Å². The van der Waals surface area contributed by atoms with Crippen LogP contribution in [0.15, 0.2) is 24.5 Å². The molecule has 0 unspecified atom stereocenters. The SMILES string of the molecule is CCC[C@@H](NC(=O)Nc1ccncc1)C(=O)O. The zero-order valence-electron chi connectivity index (χ0n) is 9.51. The van der Waals surface area contributed by atoms with Gasteiger partial charge >= 0.3 is 12.0 Å². The average molecular weight is 237 g/mol. The maximum absolute atomic E-state index is 11.5. The van der Waals surface area contributed by atoms with Crippen LogP contribution in [0.4, 0.5) is 10.5 Å². The zero-order chi connectivity index (χ0) is 12.7. The van der Waals surface area contributed by atoms with Crippen LogP contribution in [0.5, 0.6) is 0 Å². The molecule has 0 spiro atoms. The van der Waals surface area contributed by atoms with Crippen molar-refractivity contribution in [2.75, 3.05) is 5.32 Å². The Kier molecular flexibility index (Phi) is 4.93. The summed E-state index contributed by atoms with van der Waals surface area (Å²) < 4.78 is 0. The lowest BCUT2D eigenvalue weighted by Crippen LogP contribution is -2.42. The second-order valence-electron chi connectivity index (χ2n) is 3.51. The lowest BCUT2D eigenvalue weighted by atomic mass is 10.2. The van der Waals surface area contributed by atoms with Gasteiger partial charge in [-0.2, -0.15) is 0 Å². The van der Waals surface area contributed by atoms with Gasteiger partial charge in [-0.15, -0.1) is 0 Å². The van der Waals surface area contributed by atoms with Crippen LogP contribution in [-0.2, 0) is 4.79 Å². The van der Waals surface area contributed by atoms with Crippen molar-refractivity contribution in [2.24, 2.45) is 0 Å². The highest BCUT2D eigenvalue weighted by Gasteiger charge is 2.18. The summed E-state index contributed by atoms with van der Waals surface area (Å²) in [6.07, 6.45) is 4.16. The van der Waals surface area contributed by atoms with Crippen LogP contribution >= 0.6 is 0 Å². The molecule has 1 aromatic heterocycles. The van der Waals surface area contributed by atoms with E-state index in [-0.39, 0.29) is 0 Å². The molecular weight excluding hydrogens is 222 g/mol. The first-order valence-corrected chi connectivity index (χ1v) is 5.33. The number of aromatic nitrogens is 1. The van der Waals surface area contributed by atoms with E-state index in [1.54, 1.807) is 12.1 Å². The summed E-state index contributed by atoms with van der Waals surface area (Å²) >= 11 is 0. The lowest BCUT2D eigenvalue weighted by Gasteiger charge is -2.14. The van der Waals surface area contributed by atoms with Gasteiger partial charge in [-0.3, -0.25) is 4.98 Å². The summed E-state index contributed by atoms with van der Waals surface area (Å²) in [6.45, 7) is 1.86. The van der Waals surface area contributed by atoms with Crippen molar-refractivity contribution in [3.8, 4) is 0 Å². The molecule has 3 N–H and O–H groups in total. The Bertz CT molecular complexity index is 381. The Hall–Kier alpha value is -2.11. The van der Waals surface area contributed by atoms with Crippen molar-refractivity contribution >= 4 is 17.7 Å². The predicted octanol–water partition coefficient (Wildman–Crippen LogP) is 1.46. The van der Waals surface area contributed by atoms with Crippen molar-refractivity contribution in [1.29, 1.82) is 0 Å². The Labute approximate surface area is 99.1 Å². The van der Waals surface area contributed by atoms with E-state index in [2.05, 4.69) is 15.6 Å². The third-order valence-corrected chi connectivity index (χ3v) is 2.12. The zero-order valence-corrected chi connectivity index (χ0v) is 9.51. The van der Waals surface area contributed by atoms with Gasteiger partial charge in [0.2, 0.25) is 0 Å². The number of anilines is 1. The van der Waals surface area contributed by atoms with E-state index in [0.717, 1.165) is 0 Å². The van der Waals surface area contributed by atoms with Crippen molar-refractivity contribution < 1.29 is 14.7 Å². The monoisotopic (exact) mass is 237 g/mol. The van der Waals surface area contributed by atoms with Gasteiger partial charge in [-0.25, -0.2) is 9.59 Å². The Balaban J connectivity index is 2.51. The maximum atomic E-state index is 11.5. The quantitative estimate of drug-likeness (QED) is 0.722. The second-order valence-corrected chi connectivity index (χ2v) is 3.51. The first-order chi connectivity index (χ1) is 8.13. The molecule has 92 valence electrons. The first-order valence-electron chi connectivity index (χ1n) is 5.33. The molecule has 1 atom stereocenters. The molecular formula is C11H15N3O3. The molecule has 0 radical (unpaired) electrons.